The number of ether oxygens (including phenoxy) is 2. The predicted molar refractivity (Wildman–Crippen MR) is 142 cm³/mol. The molecule has 0 radical (unpaired) electrons. The number of nitrogens with zero attached hydrogens (tertiary/aromatic N) is 1. The number of esters is 1. The maximum absolute atomic E-state index is 13.5. The van der Waals surface area contributed by atoms with Gasteiger partial charge in [-0.3, -0.25) is 4.79 Å². The number of hydrogen-bond acceptors (Lipinski definition) is 6. The summed E-state index contributed by atoms with van der Waals surface area (Å²) < 4.78 is 51.4. The fraction of sp³-hybridized carbons (Fsp3) is 0.345. The smallest absolute Gasteiger partial charge is 0.417 e. The van der Waals surface area contributed by atoms with Gasteiger partial charge in [0.25, 0.3) is 0 Å². The second-order valence-electron chi connectivity index (χ2n) is 8.86. The number of halogens is 3. The summed E-state index contributed by atoms with van der Waals surface area (Å²) in [6, 6.07) is 11.9. The van der Waals surface area contributed by atoms with Crippen LogP contribution in [0.1, 0.15) is 66.0 Å². The van der Waals surface area contributed by atoms with E-state index in [0.29, 0.717) is 28.4 Å². The van der Waals surface area contributed by atoms with Crippen molar-refractivity contribution < 1.29 is 32.2 Å². The molecule has 0 fully saturated rings. The highest BCUT2D eigenvalue weighted by molar-refractivity contribution is 7.15. The Morgan fingerprint density at radius 1 is 1.11 bits per heavy atom. The van der Waals surface area contributed by atoms with Crippen LogP contribution < -0.4 is 4.74 Å². The van der Waals surface area contributed by atoms with Gasteiger partial charge in [0, 0.05) is 28.8 Å². The van der Waals surface area contributed by atoms with Crippen LogP contribution in [-0.2, 0) is 22.1 Å². The molecule has 1 atom stereocenters. The Morgan fingerprint density at radius 2 is 1.79 bits per heavy atom. The number of aryl methyl sites for hydroxylation is 1. The molecule has 1 heterocycles. The Labute approximate surface area is 224 Å². The predicted octanol–water partition coefficient (Wildman–Crippen LogP) is 7.65. The van der Waals surface area contributed by atoms with Gasteiger partial charge in [-0.25, -0.2) is 9.78 Å². The maximum atomic E-state index is 13.5. The van der Waals surface area contributed by atoms with Crippen molar-refractivity contribution in [3.8, 4) is 16.3 Å². The van der Waals surface area contributed by atoms with Crippen molar-refractivity contribution in [2.75, 3.05) is 6.61 Å². The van der Waals surface area contributed by atoms with E-state index >= 15 is 0 Å². The molecule has 38 heavy (non-hydrogen) atoms. The normalized spacial score (nSPS) is 12.3. The van der Waals surface area contributed by atoms with E-state index in [4.69, 9.17) is 9.47 Å². The maximum Gasteiger partial charge on any atom is 0.417 e. The first kappa shape index (κ1) is 29.1. The lowest BCUT2D eigenvalue weighted by atomic mass is 10.0. The third kappa shape index (κ3) is 7.31. The number of thiazole rings is 1. The van der Waals surface area contributed by atoms with Crippen molar-refractivity contribution in [1.82, 2.24) is 4.98 Å². The van der Waals surface area contributed by atoms with Gasteiger partial charge in [0.05, 0.1) is 17.9 Å². The Bertz CT molecular complexity index is 1270. The van der Waals surface area contributed by atoms with Crippen molar-refractivity contribution in [2.24, 2.45) is 0 Å². The molecule has 1 unspecified atom stereocenters. The second-order valence-corrected chi connectivity index (χ2v) is 9.94. The van der Waals surface area contributed by atoms with Gasteiger partial charge < -0.3 is 9.47 Å². The number of aromatic nitrogens is 1. The van der Waals surface area contributed by atoms with Gasteiger partial charge in [-0.1, -0.05) is 38.1 Å². The van der Waals surface area contributed by atoms with Crippen LogP contribution in [-0.4, -0.2) is 29.4 Å². The first-order valence-corrected chi connectivity index (χ1v) is 13.1. The topological polar surface area (TPSA) is 65.5 Å². The Morgan fingerprint density at radius 3 is 2.39 bits per heavy atom. The molecule has 1 aromatic heterocycles. The lowest BCUT2D eigenvalue weighted by Crippen LogP contribution is -2.28. The van der Waals surface area contributed by atoms with Gasteiger partial charge in [0.1, 0.15) is 10.8 Å². The first-order valence-electron chi connectivity index (χ1n) is 12.3. The number of rotatable bonds is 12. The number of alkyl halides is 3. The summed E-state index contributed by atoms with van der Waals surface area (Å²) in [5, 5.41) is 0.293. The summed E-state index contributed by atoms with van der Waals surface area (Å²) in [7, 11) is 0. The Kier molecular flexibility index (Phi) is 9.85. The molecule has 0 N–H and O–H groups in total. The summed E-state index contributed by atoms with van der Waals surface area (Å²) in [4.78, 5) is 30.3. The van der Waals surface area contributed by atoms with Crippen LogP contribution in [0, 0.1) is 0 Å². The summed E-state index contributed by atoms with van der Waals surface area (Å²) in [5.41, 5.74) is 0.475. The molecule has 0 saturated carbocycles. The van der Waals surface area contributed by atoms with E-state index in [9.17, 15) is 22.8 Å². The van der Waals surface area contributed by atoms with E-state index in [-0.39, 0.29) is 36.7 Å². The van der Waals surface area contributed by atoms with Crippen molar-refractivity contribution in [3.63, 3.8) is 0 Å². The first-order chi connectivity index (χ1) is 18.0. The Hall–Kier alpha value is -3.46. The van der Waals surface area contributed by atoms with Crippen LogP contribution in [0.15, 0.2) is 61.2 Å². The number of Topliss-reactive ketones (excluding diaryl/α,β-unsaturated/α-hetero) is 1. The van der Waals surface area contributed by atoms with Crippen molar-refractivity contribution >= 4 is 23.1 Å². The monoisotopic (exact) mass is 545 g/mol. The van der Waals surface area contributed by atoms with E-state index in [1.807, 2.05) is 13.8 Å². The van der Waals surface area contributed by atoms with Gasteiger partial charge in [-0.2, -0.15) is 13.2 Å². The van der Waals surface area contributed by atoms with Crippen molar-refractivity contribution in [1.29, 1.82) is 0 Å². The van der Waals surface area contributed by atoms with Gasteiger partial charge in [0.2, 0.25) is 0 Å². The summed E-state index contributed by atoms with van der Waals surface area (Å²) in [6.07, 6.45) is -2.94. The summed E-state index contributed by atoms with van der Waals surface area (Å²) >= 11 is 1.19. The molecule has 5 nitrogen and oxygen atoms in total. The van der Waals surface area contributed by atoms with Crippen molar-refractivity contribution in [2.45, 2.75) is 58.2 Å². The molecule has 2 aromatic carbocycles. The van der Waals surface area contributed by atoms with E-state index in [2.05, 4.69) is 11.6 Å². The number of benzene rings is 2. The van der Waals surface area contributed by atoms with E-state index in [1.54, 1.807) is 43.3 Å². The zero-order chi connectivity index (χ0) is 27.9. The van der Waals surface area contributed by atoms with Crippen LogP contribution >= 0.6 is 11.3 Å². The lowest BCUT2D eigenvalue weighted by molar-refractivity contribution is -0.151. The highest BCUT2D eigenvalue weighted by Gasteiger charge is 2.34. The molecule has 0 saturated heterocycles. The molecule has 9 heteroatoms. The average molecular weight is 546 g/mol. The third-order valence-electron chi connectivity index (χ3n) is 5.70. The van der Waals surface area contributed by atoms with Crippen LogP contribution in [0.5, 0.6) is 5.75 Å². The number of carbonyl (C=O) groups is 2. The molecule has 0 spiro atoms. The number of carbonyl (C=O) groups excluding carboxylic acids is 2. The van der Waals surface area contributed by atoms with Gasteiger partial charge in [-0.15, -0.1) is 17.9 Å². The van der Waals surface area contributed by atoms with Crippen LogP contribution in [0.2, 0.25) is 0 Å². The summed E-state index contributed by atoms with van der Waals surface area (Å²) in [6.45, 7) is 9.43. The molecule has 3 rings (SSSR count). The molecule has 3 aromatic rings. The molecule has 202 valence electrons. The minimum absolute atomic E-state index is 0.0116. The summed E-state index contributed by atoms with van der Waals surface area (Å²) in [5.74, 6) is -0.207. The minimum atomic E-state index is -4.49. The van der Waals surface area contributed by atoms with Gasteiger partial charge in [-0.05, 0) is 49.6 Å². The van der Waals surface area contributed by atoms with E-state index in [0.717, 1.165) is 10.9 Å². The van der Waals surface area contributed by atoms with E-state index in [1.165, 1.54) is 23.5 Å². The highest BCUT2D eigenvalue weighted by atomic mass is 32.1. The van der Waals surface area contributed by atoms with E-state index < -0.39 is 23.8 Å². The number of ketones is 1. The zero-order valence-corrected chi connectivity index (χ0v) is 22.3. The molecular formula is C29H30F3NO4S. The third-order valence-corrected chi connectivity index (χ3v) is 6.87. The molecule has 0 aliphatic heterocycles. The quantitative estimate of drug-likeness (QED) is 0.133. The molecule has 0 amide bonds. The molecule has 0 bridgehead atoms. The molecular weight excluding hydrogens is 515 g/mol. The van der Waals surface area contributed by atoms with Crippen LogP contribution in [0.4, 0.5) is 13.2 Å². The zero-order valence-electron chi connectivity index (χ0n) is 21.5. The molecule has 0 aliphatic carbocycles. The van der Waals surface area contributed by atoms with Crippen LogP contribution in [0.25, 0.3) is 10.6 Å². The largest absolute Gasteiger partial charge is 0.478 e. The van der Waals surface area contributed by atoms with Gasteiger partial charge >= 0.3 is 12.1 Å². The SMILES string of the molecule is C=CCC(Oc1ccc(C(=O)CCc2sc(-c3ccccc3C(F)(F)F)nc2C(C)C)cc1)C(=O)OCC. The second kappa shape index (κ2) is 12.9. The number of hydrogen-bond donors (Lipinski definition) is 0. The van der Waals surface area contributed by atoms with Gasteiger partial charge in [0.15, 0.2) is 11.9 Å². The average Bonchev–Trinajstić information content (AvgIpc) is 3.32. The fourth-order valence-electron chi connectivity index (χ4n) is 3.86. The standard InChI is InChI=1S/C29H30F3NO4S/c1-5-9-24(28(35)36-6-2)37-20-14-12-19(13-15-20)23(34)16-17-25-26(18(3)4)33-27(38-25)21-10-7-8-11-22(21)29(30,31)32/h5,7-8,10-15,18,24H,1,6,9,16-17H2,2-4H3. The molecule has 0 aliphatic rings. The minimum Gasteiger partial charge on any atom is -0.478 e. The lowest BCUT2D eigenvalue weighted by Gasteiger charge is -2.16. The van der Waals surface area contributed by atoms with Crippen LogP contribution in [0.3, 0.4) is 0 Å². The highest BCUT2D eigenvalue weighted by Crippen LogP contribution is 2.40. The Balaban J connectivity index is 1.73. The van der Waals surface area contributed by atoms with Crippen molar-refractivity contribution in [3.05, 3.63) is 82.9 Å². The fourth-order valence-corrected chi connectivity index (χ4v) is 5.12.